The molecule has 1 heterocycles. The van der Waals surface area contributed by atoms with E-state index >= 15 is 0 Å². The van der Waals surface area contributed by atoms with E-state index in [0.29, 0.717) is 0 Å². The Kier molecular flexibility index (Phi) is 3.67. The topological polar surface area (TPSA) is 33.1 Å². The van der Waals surface area contributed by atoms with E-state index in [0.717, 1.165) is 29.4 Å². The second-order valence-electron chi connectivity index (χ2n) is 6.04. The molecule has 0 bridgehead atoms. The fraction of sp³-hybridized carbons (Fsp3) is 0.438. The van der Waals surface area contributed by atoms with Crippen LogP contribution in [0, 0.1) is 5.41 Å². The van der Waals surface area contributed by atoms with Gasteiger partial charge in [-0.05, 0) is 30.4 Å². The van der Waals surface area contributed by atoms with Crippen molar-refractivity contribution in [3.63, 3.8) is 0 Å². The van der Waals surface area contributed by atoms with Crippen LogP contribution < -0.4 is 0 Å². The van der Waals surface area contributed by atoms with Crippen LogP contribution in [0.15, 0.2) is 36.4 Å². The predicted molar refractivity (Wildman–Crippen MR) is 75.4 cm³/mol. The summed E-state index contributed by atoms with van der Waals surface area (Å²) in [5.74, 6) is 0. The first-order chi connectivity index (χ1) is 8.46. The molecule has 0 saturated heterocycles. The molecule has 0 saturated carbocycles. The molecule has 18 heavy (non-hydrogen) atoms. The number of hydrogen-bond donors (Lipinski definition) is 1. The van der Waals surface area contributed by atoms with E-state index in [1.165, 1.54) is 0 Å². The second-order valence-corrected chi connectivity index (χ2v) is 6.04. The van der Waals surface area contributed by atoms with Gasteiger partial charge in [-0.25, -0.2) is 0 Å². The Balaban J connectivity index is 2.15. The standard InChI is InChI=1S/C16H21NO/c1-16(2,3)11-10-15(18)14-9-8-12-6-4-5-7-13(12)17-14/h4-9,15,18H,10-11H2,1-3H3. The summed E-state index contributed by atoms with van der Waals surface area (Å²) < 4.78 is 0. The number of aromatic nitrogens is 1. The quantitative estimate of drug-likeness (QED) is 0.880. The molecule has 2 rings (SSSR count). The average molecular weight is 243 g/mol. The van der Waals surface area contributed by atoms with E-state index in [1.807, 2.05) is 36.4 Å². The van der Waals surface area contributed by atoms with E-state index < -0.39 is 6.10 Å². The van der Waals surface area contributed by atoms with Crippen molar-refractivity contribution in [2.75, 3.05) is 0 Å². The van der Waals surface area contributed by atoms with Crippen LogP contribution in [0.5, 0.6) is 0 Å². The van der Waals surface area contributed by atoms with Crippen molar-refractivity contribution < 1.29 is 5.11 Å². The van der Waals surface area contributed by atoms with Crippen LogP contribution in [-0.2, 0) is 0 Å². The summed E-state index contributed by atoms with van der Waals surface area (Å²) in [7, 11) is 0. The highest BCUT2D eigenvalue weighted by Crippen LogP contribution is 2.27. The molecule has 0 spiro atoms. The predicted octanol–water partition coefficient (Wildman–Crippen LogP) is 4.09. The van der Waals surface area contributed by atoms with Crippen LogP contribution in [-0.4, -0.2) is 10.1 Å². The minimum absolute atomic E-state index is 0.248. The normalized spacial score (nSPS) is 13.8. The molecule has 2 heteroatoms. The van der Waals surface area contributed by atoms with Crippen LogP contribution >= 0.6 is 0 Å². The number of nitrogens with zero attached hydrogens (tertiary/aromatic N) is 1. The number of pyridine rings is 1. The summed E-state index contributed by atoms with van der Waals surface area (Å²) in [6.45, 7) is 6.56. The number of para-hydroxylation sites is 1. The Labute approximate surface area is 109 Å². The van der Waals surface area contributed by atoms with Crippen molar-refractivity contribution in [3.8, 4) is 0 Å². The van der Waals surface area contributed by atoms with Crippen LogP contribution in [0.1, 0.15) is 45.4 Å². The highest BCUT2D eigenvalue weighted by Gasteiger charge is 2.15. The SMILES string of the molecule is CC(C)(C)CCC(O)c1ccc2ccccc2n1. The fourth-order valence-electron chi connectivity index (χ4n) is 1.98. The Morgan fingerprint density at radius 2 is 1.83 bits per heavy atom. The average Bonchev–Trinajstić information content (AvgIpc) is 2.34. The Bertz CT molecular complexity index is 528. The van der Waals surface area contributed by atoms with Crippen molar-refractivity contribution >= 4 is 10.9 Å². The van der Waals surface area contributed by atoms with Crippen LogP contribution in [0.4, 0.5) is 0 Å². The number of aliphatic hydroxyl groups excluding tert-OH is 1. The zero-order valence-electron chi connectivity index (χ0n) is 11.4. The van der Waals surface area contributed by atoms with Gasteiger partial charge < -0.3 is 5.11 Å². The Morgan fingerprint density at radius 3 is 2.56 bits per heavy atom. The van der Waals surface area contributed by atoms with Gasteiger partial charge >= 0.3 is 0 Å². The number of fused-ring (bicyclic) bond motifs is 1. The molecule has 0 fully saturated rings. The molecule has 96 valence electrons. The lowest BCUT2D eigenvalue weighted by Crippen LogP contribution is -2.09. The zero-order chi connectivity index (χ0) is 13.2. The molecule has 0 aliphatic heterocycles. The summed E-state index contributed by atoms with van der Waals surface area (Å²) in [5, 5.41) is 11.3. The Morgan fingerprint density at radius 1 is 1.11 bits per heavy atom. The van der Waals surface area contributed by atoms with E-state index in [9.17, 15) is 5.11 Å². The summed E-state index contributed by atoms with van der Waals surface area (Å²) in [6.07, 6.45) is 1.28. The lowest BCUT2D eigenvalue weighted by molar-refractivity contribution is 0.144. The van der Waals surface area contributed by atoms with E-state index in [-0.39, 0.29) is 5.41 Å². The third kappa shape index (κ3) is 3.30. The molecule has 1 aromatic heterocycles. The molecular weight excluding hydrogens is 222 g/mol. The lowest BCUT2D eigenvalue weighted by atomic mass is 9.88. The van der Waals surface area contributed by atoms with Gasteiger partial charge in [0.25, 0.3) is 0 Å². The third-order valence-electron chi connectivity index (χ3n) is 3.13. The maximum absolute atomic E-state index is 10.2. The number of rotatable bonds is 3. The smallest absolute Gasteiger partial charge is 0.0960 e. The lowest BCUT2D eigenvalue weighted by Gasteiger charge is -2.20. The first-order valence-electron chi connectivity index (χ1n) is 6.49. The fourth-order valence-corrected chi connectivity index (χ4v) is 1.98. The molecule has 0 radical (unpaired) electrons. The van der Waals surface area contributed by atoms with Gasteiger partial charge in [0, 0.05) is 5.39 Å². The maximum Gasteiger partial charge on any atom is 0.0960 e. The van der Waals surface area contributed by atoms with Gasteiger partial charge in [0.2, 0.25) is 0 Å². The summed E-state index contributed by atoms with van der Waals surface area (Å²) in [5.41, 5.74) is 1.97. The van der Waals surface area contributed by atoms with Gasteiger partial charge in [0.15, 0.2) is 0 Å². The molecule has 1 atom stereocenters. The second kappa shape index (κ2) is 5.07. The van der Waals surface area contributed by atoms with Crippen molar-refractivity contribution in [3.05, 3.63) is 42.1 Å². The summed E-state index contributed by atoms with van der Waals surface area (Å²) in [4.78, 5) is 4.53. The molecule has 1 unspecified atom stereocenters. The number of benzene rings is 1. The number of hydrogen-bond acceptors (Lipinski definition) is 2. The maximum atomic E-state index is 10.2. The van der Waals surface area contributed by atoms with Crippen LogP contribution in [0.3, 0.4) is 0 Å². The minimum Gasteiger partial charge on any atom is -0.387 e. The van der Waals surface area contributed by atoms with Gasteiger partial charge in [-0.2, -0.15) is 0 Å². The summed E-state index contributed by atoms with van der Waals surface area (Å²) >= 11 is 0. The number of aliphatic hydroxyl groups is 1. The molecule has 2 aromatic rings. The molecule has 1 N–H and O–H groups in total. The van der Waals surface area contributed by atoms with Crippen LogP contribution in [0.2, 0.25) is 0 Å². The van der Waals surface area contributed by atoms with E-state index in [4.69, 9.17) is 0 Å². The van der Waals surface area contributed by atoms with Gasteiger partial charge in [-0.15, -0.1) is 0 Å². The van der Waals surface area contributed by atoms with E-state index in [1.54, 1.807) is 0 Å². The first-order valence-corrected chi connectivity index (χ1v) is 6.49. The minimum atomic E-state index is -0.464. The molecule has 1 aromatic carbocycles. The molecule has 0 aliphatic rings. The monoisotopic (exact) mass is 243 g/mol. The highest BCUT2D eigenvalue weighted by molar-refractivity contribution is 5.78. The molecular formula is C16H21NO. The van der Waals surface area contributed by atoms with Crippen LogP contribution in [0.25, 0.3) is 10.9 Å². The summed E-state index contributed by atoms with van der Waals surface area (Å²) in [6, 6.07) is 11.9. The molecule has 0 aliphatic carbocycles. The highest BCUT2D eigenvalue weighted by atomic mass is 16.3. The Hall–Kier alpha value is -1.41. The molecule has 2 nitrogen and oxygen atoms in total. The van der Waals surface area contributed by atoms with Gasteiger partial charge in [-0.1, -0.05) is 45.0 Å². The van der Waals surface area contributed by atoms with E-state index in [2.05, 4.69) is 25.8 Å². The van der Waals surface area contributed by atoms with Gasteiger partial charge in [0.1, 0.15) is 0 Å². The van der Waals surface area contributed by atoms with Crippen molar-refractivity contribution in [2.45, 2.75) is 39.7 Å². The third-order valence-corrected chi connectivity index (χ3v) is 3.13. The first kappa shape index (κ1) is 13.0. The van der Waals surface area contributed by atoms with Gasteiger partial charge in [-0.3, -0.25) is 4.98 Å². The zero-order valence-corrected chi connectivity index (χ0v) is 11.4. The van der Waals surface area contributed by atoms with Crippen molar-refractivity contribution in [1.29, 1.82) is 0 Å². The van der Waals surface area contributed by atoms with Gasteiger partial charge in [0.05, 0.1) is 17.3 Å². The van der Waals surface area contributed by atoms with Crippen molar-refractivity contribution in [1.82, 2.24) is 4.98 Å². The van der Waals surface area contributed by atoms with Crippen molar-refractivity contribution in [2.24, 2.45) is 5.41 Å². The largest absolute Gasteiger partial charge is 0.387 e. The molecule has 0 amide bonds.